The Bertz CT molecular complexity index is 863. The van der Waals surface area contributed by atoms with Gasteiger partial charge in [0.05, 0.1) is 7.11 Å². The quantitative estimate of drug-likeness (QED) is 0.848. The van der Waals surface area contributed by atoms with Crippen molar-refractivity contribution in [3.63, 3.8) is 0 Å². The van der Waals surface area contributed by atoms with Crippen molar-refractivity contribution >= 4 is 29.1 Å². The van der Waals surface area contributed by atoms with Gasteiger partial charge in [-0.2, -0.15) is 0 Å². The monoisotopic (exact) mass is 383 g/mol. The van der Waals surface area contributed by atoms with Gasteiger partial charge in [-0.05, 0) is 30.7 Å². The van der Waals surface area contributed by atoms with Crippen LogP contribution in [-0.4, -0.2) is 55.1 Å². The molecule has 3 rings (SSSR count). The fourth-order valence-electron chi connectivity index (χ4n) is 3.06. The highest BCUT2D eigenvalue weighted by Gasteiger charge is 2.22. The number of piperazine rings is 1. The number of carbonyl (C=O) groups excluding carboxylic acids is 2. The van der Waals surface area contributed by atoms with Crippen LogP contribution in [0.4, 0.5) is 22.0 Å². The van der Waals surface area contributed by atoms with Gasteiger partial charge in [0.2, 0.25) is 5.91 Å². The van der Waals surface area contributed by atoms with Gasteiger partial charge >= 0.3 is 6.03 Å². The normalized spacial score (nSPS) is 13.8. The molecular weight excluding hydrogens is 358 g/mol. The van der Waals surface area contributed by atoms with Crippen molar-refractivity contribution in [3.8, 4) is 5.75 Å². The van der Waals surface area contributed by atoms with E-state index in [1.54, 1.807) is 24.3 Å². The van der Waals surface area contributed by atoms with E-state index in [-0.39, 0.29) is 11.9 Å². The van der Waals surface area contributed by atoms with Crippen LogP contribution in [0.2, 0.25) is 0 Å². The van der Waals surface area contributed by atoms with Crippen LogP contribution < -0.4 is 20.3 Å². The number of pyridine rings is 1. The first-order valence-electron chi connectivity index (χ1n) is 9.15. The van der Waals surface area contributed by atoms with E-state index in [0.29, 0.717) is 37.6 Å². The van der Waals surface area contributed by atoms with E-state index in [0.717, 1.165) is 17.1 Å². The van der Waals surface area contributed by atoms with Gasteiger partial charge in [-0.25, -0.2) is 9.78 Å². The smallest absolute Gasteiger partial charge is 0.321 e. The second kappa shape index (κ2) is 8.60. The molecule has 2 aromatic rings. The number of urea groups is 1. The fourth-order valence-corrected chi connectivity index (χ4v) is 3.06. The third-order valence-corrected chi connectivity index (χ3v) is 4.64. The molecule has 8 nitrogen and oxygen atoms in total. The summed E-state index contributed by atoms with van der Waals surface area (Å²) in [6.45, 7) is 5.94. The van der Waals surface area contributed by atoms with E-state index >= 15 is 0 Å². The van der Waals surface area contributed by atoms with E-state index < -0.39 is 0 Å². The van der Waals surface area contributed by atoms with E-state index in [1.165, 1.54) is 6.92 Å². The van der Waals surface area contributed by atoms with Crippen LogP contribution in [0, 0.1) is 6.92 Å². The van der Waals surface area contributed by atoms with Crippen LogP contribution in [0.3, 0.4) is 0 Å². The van der Waals surface area contributed by atoms with Gasteiger partial charge in [0, 0.05) is 56.7 Å². The molecule has 3 amide bonds. The summed E-state index contributed by atoms with van der Waals surface area (Å²) in [7, 11) is 1.63. The lowest BCUT2D eigenvalue weighted by molar-refractivity contribution is -0.114. The third kappa shape index (κ3) is 4.70. The number of carbonyl (C=O) groups is 2. The Labute approximate surface area is 164 Å². The summed E-state index contributed by atoms with van der Waals surface area (Å²) in [4.78, 5) is 32.2. The number of amides is 3. The number of rotatable bonds is 4. The molecule has 1 aliphatic heterocycles. The zero-order chi connectivity index (χ0) is 20.1. The number of hydrogen-bond donors (Lipinski definition) is 2. The van der Waals surface area contributed by atoms with Crippen LogP contribution in [0.1, 0.15) is 12.5 Å². The predicted octanol–water partition coefficient (Wildman–Crippen LogP) is 2.71. The number of aryl methyl sites for hydroxylation is 1. The number of nitrogens with one attached hydrogen (secondary N) is 2. The van der Waals surface area contributed by atoms with Crippen molar-refractivity contribution in [3.05, 3.63) is 42.1 Å². The zero-order valence-corrected chi connectivity index (χ0v) is 16.4. The number of hydrogen-bond acceptors (Lipinski definition) is 5. The molecule has 0 radical (unpaired) electrons. The maximum atomic E-state index is 12.6. The largest absolute Gasteiger partial charge is 0.497 e. The van der Waals surface area contributed by atoms with Gasteiger partial charge in [0.25, 0.3) is 0 Å². The van der Waals surface area contributed by atoms with Crippen LogP contribution in [0.15, 0.2) is 36.5 Å². The van der Waals surface area contributed by atoms with Crippen molar-refractivity contribution in [2.45, 2.75) is 13.8 Å². The number of anilines is 3. The molecule has 28 heavy (non-hydrogen) atoms. The number of ether oxygens (including phenoxy) is 1. The van der Waals surface area contributed by atoms with Crippen LogP contribution in [0.25, 0.3) is 0 Å². The molecule has 148 valence electrons. The van der Waals surface area contributed by atoms with Gasteiger partial charge in [-0.3, -0.25) is 4.79 Å². The van der Waals surface area contributed by atoms with Gasteiger partial charge < -0.3 is 25.2 Å². The number of nitrogens with zero attached hydrogens (tertiary/aromatic N) is 3. The van der Waals surface area contributed by atoms with Crippen molar-refractivity contribution in [1.29, 1.82) is 0 Å². The summed E-state index contributed by atoms with van der Waals surface area (Å²) in [6, 6.07) is 9.01. The molecule has 0 aliphatic carbocycles. The van der Waals surface area contributed by atoms with Gasteiger partial charge in [0.1, 0.15) is 11.6 Å². The lowest BCUT2D eigenvalue weighted by atomic mass is 10.2. The van der Waals surface area contributed by atoms with Crippen molar-refractivity contribution in [2.75, 3.05) is 48.8 Å². The van der Waals surface area contributed by atoms with Gasteiger partial charge in [-0.1, -0.05) is 6.07 Å². The standard InChI is InChI=1S/C20H25N5O3/c1-14-4-5-16(12-18(14)22-15(2)26)23-20(27)25-10-8-24(9-11-25)19-13-17(28-3)6-7-21-19/h4-7,12-13H,8-11H2,1-3H3,(H,22,26)(H,23,27). The van der Waals surface area contributed by atoms with Crippen molar-refractivity contribution in [2.24, 2.45) is 0 Å². The lowest BCUT2D eigenvalue weighted by Gasteiger charge is -2.35. The molecule has 1 fully saturated rings. The summed E-state index contributed by atoms with van der Waals surface area (Å²) in [5, 5.41) is 5.68. The lowest BCUT2D eigenvalue weighted by Crippen LogP contribution is -2.50. The molecule has 8 heteroatoms. The second-order valence-corrected chi connectivity index (χ2v) is 6.67. The highest BCUT2D eigenvalue weighted by Crippen LogP contribution is 2.22. The highest BCUT2D eigenvalue weighted by molar-refractivity contribution is 5.93. The summed E-state index contributed by atoms with van der Waals surface area (Å²) in [6.07, 6.45) is 1.72. The SMILES string of the molecule is COc1ccnc(N2CCN(C(=O)Nc3ccc(C)c(NC(C)=O)c3)CC2)c1. The zero-order valence-electron chi connectivity index (χ0n) is 16.4. The van der Waals surface area contributed by atoms with Crippen LogP contribution >= 0.6 is 0 Å². The minimum Gasteiger partial charge on any atom is -0.497 e. The predicted molar refractivity (Wildman–Crippen MR) is 109 cm³/mol. The number of methoxy groups -OCH3 is 1. The fraction of sp³-hybridized carbons (Fsp3) is 0.350. The molecular formula is C20H25N5O3. The van der Waals surface area contributed by atoms with Crippen molar-refractivity contribution < 1.29 is 14.3 Å². The molecule has 0 unspecified atom stereocenters. The molecule has 0 atom stereocenters. The summed E-state index contributed by atoms with van der Waals surface area (Å²) < 4.78 is 5.25. The molecule has 0 bridgehead atoms. The Morgan fingerprint density at radius 2 is 1.82 bits per heavy atom. The Balaban J connectivity index is 1.59. The highest BCUT2D eigenvalue weighted by atomic mass is 16.5. The van der Waals surface area contributed by atoms with Crippen molar-refractivity contribution in [1.82, 2.24) is 9.88 Å². The Kier molecular flexibility index (Phi) is 5.98. The average Bonchev–Trinajstić information content (AvgIpc) is 2.70. The molecule has 1 aromatic heterocycles. The Morgan fingerprint density at radius 3 is 2.50 bits per heavy atom. The minimum absolute atomic E-state index is 0.145. The van der Waals surface area contributed by atoms with E-state index in [9.17, 15) is 9.59 Å². The van der Waals surface area contributed by atoms with Crippen LogP contribution in [-0.2, 0) is 4.79 Å². The molecule has 1 saturated heterocycles. The van der Waals surface area contributed by atoms with Crippen LogP contribution in [0.5, 0.6) is 5.75 Å². The second-order valence-electron chi connectivity index (χ2n) is 6.67. The molecule has 1 aliphatic rings. The van der Waals surface area contributed by atoms with Gasteiger partial charge in [-0.15, -0.1) is 0 Å². The maximum Gasteiger partial charge on any atom is 0.321 e. The third-order valence-electron chi connectivity index (χ3n) is 4.64. The summed E-state index contributed by atoms with van der Waals surface area (Å²) >= 11 is 0. The van der Waals surface area contributed by atoms with E-state index in [2.05, 4.69) is 20.5 Å². The summed E-state index contributed by atoms with van der Waals surface area (Å²) in [5.74, 6) is 1.46. The van der Waals surface area contributed by atoms with Gasteiger partial charge in [0.15, 0.2) is 0 Å². The average molecular weight is 383 g/mol. The van der Waals surface area contributed by atoms with E-state index in [4.69, 9.17) is 4.74 Å². The Hall–Kier alpha value is -3.29. The molecule has 0 saturated carbocycles. The topological polar surface area (TPSA) is 86.8 Å². The maximum absolute atomic E-state index is 12.6. The minimum atomic E-state index is -0.157. The first-order chi connectivity index (χ1) is 13.5. The first kappa shape index (κ1) is 19.5. The molecule has 0 spiro atoms. The molecule has 1 aromatic carbocycles. The molecule has 2 N–H and O–H groups in total. The summed E-state index contributed by atoms with van der Waals surface area (Å²) in [5.41, 5.74) is 2.28. The number of aromatic nitrogens is 1. The Morgan fingerprint density at radius 1 is 1.07 bits per heavy atom. The molecule has 2 heterocycles. The van der Waals surface area contributed by atoms with E-state index in [1.807, 2.05) is 31.2 Å². The first-order valence-corrected chi connectivity index (χ1v) is 9.15. The number of benzene rings is 1.